The first-order valence-electron chi connectivity index (χ1n) is 6.22. The second kappa shape index (κ2) is 6.17. The molecule has 20 heavy (non-hydrogen) atoms. The number of aromatic nitrogens is 2. The van der Waals surface area contributed by atoms with Crippen molar-refractivity contribution in [2.45, 2.75) is 26.9 Å². The summed E-state index contributed by atoms with van der Waals surface area (Å²) >= 11 is 12.2. The summed E-state index contributed by atoms with van der Waals surface area (Å²) in [5.41, 5.74) is 3.06. The Bertz CT molecular complexity index is 671. The molecule has 0 spiro atoms. The molecule has 0 saturated heterocycles. The zero-order chi connectivity index (χ0) is 14.7. The van der Waals surface area contributed by atoms with Crippen molar-refractivity contribution in [3.05, 3.63) is 45.2 Å². The molecule has 6 heteroatoms. The molecular formula is C14H14Cl2N4. The van der Waals surface area contributed by atoms with Crippen LogP contribution in [0.4, 0.5) is 5.69 Å². The van der Waals surface area contributed by atoms with Crippen molar-refractivity contribution in [1.29, 1.82) is 5.26 Å². The number of hydrogen-bond donors (Lipinski definition) is 1. The maximum Gasteiger partial charge on any atom is 0.101 e. The third kappa shape index (κ3) is 2.90. The lowest BCUT2D eigenvalue weighted by Crippen LogP contribution is -2.08. The van der Waals surface area contributed by atoms with Crippen LogP contribution < -0.4 is 5.32 Å². The van der Waals surface area contributed by atoms with Gasteiger partial charge in [-0.05, 0) is 32.0 Å². The van der Waals surface area contributed by atoms with E-state index in [1.165, 1.54) is 0 Å². The van der Waals surface area contributed by atoms with Gasteiger partial charge in [0.25, 0.3) is 0 Å². The summed E-state index contributed by atoms with van der Waals surface area (Å²) in [6.07, 6.45) is 0. The van der Waals surface area contributed by atoms with Crippen molar-refractivity contribution in [2.24, 2.45) is 0 Å². The topological polar surface area (TPSA) is 53.6 Å². The molecule has 0 aliphatic heterocycles. The van der Waals surface area contributed by atoms with Gasteiger partial charge in [0.1, 0.15) is 6.07 Å². The normalized spacial score (nSPS) is 10.3. The van der Waals surface area contributed by atoms with Crippen molar-refractivity contribution >= 4 is 28.9 Å². The van der Waals surface area contributed by atoms with Crippen LogP contribution in [0, 0.1) is 18.3 Å². The molecule has 0 aliphatic carbocycles. The lowest BCUT2D eigenvalue weighted by molar-refractivity contribution is 0.623. The standard InChI is InChI=1S/C14H14Cl2N4/c1-3-20-13(14(16)9(2)19-20)8-18-11-5-4-10(7-17)12(15)6-11/h4-6,18H,3,8H2,1-2H3. The fraction of sp³-hybridized carbons (Fsp3) is 0.286. The second-order valence-corrected chi connectivity index (χ2v) is 5.11. The Morgan fingerprint density at radius 1 is 1.40 bits per heavy atom. The van der Waals surface area contributed by atoms with E-state index < -0.39 is 0 Å². The predicted octanol–water partition coefficient (Wildman–Crippen LogP) is 4.00. The van der Waals surface area contributed by atoms with Crippen LogP contribution in [0.15, 0.2) is 18.2 Å². The molecule has 0 atom stereocenters. The van der Waals surface area contributed by atoms with Gasteiger partial charge in [-0.15, -0.1) is 0 Å². The molecule has 1 aromatic carbocycles. The summed E-state index contributed by atoms with van der Waals surface area (Å²) in [7, 11) is 0. The number of benzene rings is 1. The van der Waals surface area contributed by atoms with Crippen LogP contribution in [0.5, 0.6) is 0 Å². The molecule has 4 nitrogen and oxygen atoms in total. The lowest BCUT2D eigenvalue weighted by Gasteiger charge is -2.09. The van der Waals surface area contributed by atoms with Gasteiger partial charge in [-0.1, -0.05) is 23.2 Å². The summed E-state index contributed by atoms with van der Waals surface area (Å²) in [5, 5.41) is 17.6. The number of nitrogens with zero attached hydrogens (tertiary/aromatic N) is 3. The first-order valence-corrected chi connectivity index (χ1v) is 6.97. The predicted molar refractivity (Wildman–Crippen MR) is 81.1 cm³/mol. The Morgan fingerprint density at radius 3 is 2.75 bits per heavy atom. The third-order valence-electron chi connectivity index (χ3n) is 3.00. The fourth-order valence-corrected chi connectivity index (χ4v) is 2.36. The minimum atomic E-state index is 0.434. The largest absolute Gasteiger partial charge is 0.379 e. The van der Waals surface area contributed by atoms with Crippen LogP contribution in [0.25, 0.3) is 0 Å². The highest BCUT2D eigenvalue weighted by Crippen LogP contribution is 2.23. The van der Waals surface area contributed by atoms with Crippen LogP contribution >= 0.6 is 23.2 Å². The van der Waals surface area contributed by atoms with E-state index in [9.17, 15) is 0 Å². The van der Waals surface area contributed by atoms with Crippen LogP contribution in [0.1, 0.15) is 23.9 Å². The molecule has 1 heterocycles. The smallest absolute Gasteiger partial charge is 0.101 e. The molecule has 0 aliphatic rings. The van der Waals surface area contributed by atoms with Gasteiger partial charge in [-0.3, -0.25) is 4.68 Å². The maximum absolute atomic E-state index is 8.84. The van der Waals surface area contributed by atoms with E-state index in [4.69, 9.17) is 28.5 Å². The Hall–Kier alpha value is -1.70. The SMILES string of the molecule is CCn1nc(C)c(Cl)c1CNc1ccc(C#N)c(Cl)c1. The zero-order valence-corrected chi connectivity index (χ0v) is 12.8. The molecule has 104 valence electrons. The highest BCUT2D eigenvalue weighted by atomic mass is 35.5. The Kier molecular flexibility index (Phi) is 4.53. The van der Waals surface area contributed by atoms with E-state index in [2.05, 4.69) is 10.4 Å². The van der Waals surface area contributed by atoms with Gasteiger partial charge in [-0.25, -0.2) is 0 Å². The number of nitriles is 1. The van der Waals surface area contributed by atoms with Gasteiger partial charge in [0.15, 0.2) is 0 Å². The summed E-state index contributed by atoms with van der Waals surface area (Å²) in [5.74, 6) is 0. The zero-order valence-electron chi connectivity index (χ0n) is 11.2. The van der Waals surface area contributed by atoms with E-state index in [-0.39, 0.29) is 0 Å². The van der Waals surface area contributed by atoms with Crippen molar-refractivity contribution in [2.75, 3.05) is 5.32 Å². The summed E-state index contributed by atoms with van der Waals surface area (Å²) in [6, 6.07) is 7.27. The third-order valence-corrected chi connectivity index (χ3v) is 3.81. The quantitative estimate of drug-likeness (QED) is 0.928. The van der Waals surface area contributed by atoms with E-state index in [1.807, 2.05) is 30.7 Å². The monoisotopic (exact) mass is 308 g/mol. The summed E-state index contributed by atoms with van der Waals surface area (Å²) in [6.45, 7) is 5.22. The molecule has 0 amide bonds. The first kappa shape index (κ1) is 14.7. The molecule has 0 bridgehead atoms. The molecule has 1 aromatic heterocycles. The van der Waals surface area contributed by atoms with Crippen LogP contribution in [0.2, 0.25) is 10.0 Å². The maximum atomic E-state index is 8.84. The number of rotatable bonds is 4. The van der Waals surface area contributed by atoms with Gasteiger partial charge >= 0.3 is 0 Å². The number of hydrogen-bond acceptors (Lipinski definition) is 3. The van der Waals surface area contributed by atoms with Crippen LogP contribution in [0.3, 0.4) is 0 Å². The molecule has 2 aromatic rings. The van der Waals surface area contributed by atoms with E-state index in [0.717, 1.165) is 23.6 Å². The number of aryl methyl sites for hydroxylation is 2. The Labute approximate surface area is 127 Å². The van der Waals surface area contributed by atoms with Crippen molar-refractivity contribution in [3.8, 4) is 6.07 Å². The van der Waals surface area contributed by atoms with Crippen molar-refractivity contribution in [1.82, 2.24) is 9.78 Å². The van der Waals surface area contributed by atoms with E-state index in [0.29, 0.717) is 22.2 Å². The molecular weight excluding hydrogens is 295 g/mol. The average Bonchev–Trinajstić information content (AvgIpc) is 2.72. The van der Waals surface area contributed by atoms with Gasteiger partial charge in [-0.2, -0.15) is 10.4 Å². The minimum Gasteiger partial charge on any atom is -0.379 e. The minimum absolute atomic E-state index is 0.434. The number of anilines is 1. The number of halogens is 2. The number of nitrogens with one attached hydrogen (secondary N) is 1. The molecule has 2 rings (SSSR count). The van der Waals surface area contributed by atoms with Gasteiger partial charge in [0, 0.05) is 12.2 Å². The van der Waals surface area contributed by atoms with Gasteiger partial charge < -0.3 is 5.32 Å². The van der Waals surface area contributed by atoms with Crippen molar-refractivity contribution < 1.29 is 0 Å². The molecule has 0 fully saturated rings. The first-order chi connectivity index (χ1) is 9.56. The lowest BCUT2D eigenvalue weighted by atomic mass is 10.2. The van der Waals surface area contributed by atoms with Crippen LogP contribution in [-0.2, 0) is 13.1 Å². The molecule has 0 radical (unpaired) electrons. The Morgan fingerprint density at radius 2 is 2.15 bits per heavy atom. The molecule has 1 N–H and O–H groups in total. The van der Waals surface area contributed by atoms with Crippen molar-refractivity contribution in [3.63, 3.8) is 0 Å². The second-order valence-electron chi connectivity index (χ2n) is 4.32. The highest BCUT2D eigenvalue weighted by molar-refractivity contribution is 6.32. The highest BCUT2D eigenvalue weighted by Gasteiger charge is 2.12. The summed E-state index contributed by atoms with van der Waals surface area (Å²) < 4.78 is 1.87. The van der Waals surface area contributed by atoms with Crippen LogP contribution in [-0.4, -0.2) is 9.78 Å². The molecule has 0 unspecified atom stereocenters. The van der Waals surface area contributed by atoms with Gasteiger partial charge in [0.05, 0.1) is 33.5 Å². The Balaban J connectivity index is 2.17. The fourth-order valence-electron chi connectivity index (χ4n) is 1.94. The van der Waals surface area contributed by atoms with Gasteiger partial charge in [0.2, 0.25) is 0 Å². The average molecular weight is 309 g/mol. The van der Waals surface area contributed by atoms with E-state index >= 15 is 0 Å². The van der Waals surface area contributed by atoms with E-state index in [1.54, 1.807) is 12.1 Å². The molecule has 0 saturated carbocycles. The summed E-state index contributed by atoms with van der Waals surface area (Å²) in [4.78, 5) is 0.